The normalized spacial score (nSPS) is 27.4. The molecule has 0 aromatic carbocycles. The Morgan fingerprint density at radius 3 is 2.36 bits per heavy atom. The fourth-order valence-electron chi connectivity index (χ4n) is 1.96. The first-order chi connectivity index (χ1) is 6.14. The van der Waals surface area contributed by atoms with Crippen molar-refractivity contribution in [2.75, 3.05) is 0 Å². The van der Waals surface area contributed by atoms with Gasteiger partial charge in [-0.2, -0.15) is 0 Å². The molecule has 3 heteroatoms. The molecule has 0 bridgehead atoms. The minimum absolute atomic E-state index is 0.0954. The molecule has 0 aromatic rings. The zero-order valence-corrected chi connectivity index (χ0v) is 9.16. The molecule has 1 unspecified atom stereocenters. The van der Waals surface area contributed by atoms with E-state index in [4.69, 9.17) is 0 Å². The van der Waals surface area contributed by atoms with Crippen LogP contribution in [0.5, 0.6) is 0 Å². The summed E-state index contributed by atoms with van der Waals surface area (Å²) in [7, 11) is 0. The number of rotatable bonds is 1. The van der Waals surface area contributed by atoms with Crippen molar-refractivity contribution >= 4 is 5.78 Å². The molecule has 0 aliphatic heterocycles. The number of hydrogen-bond donors (Lipinski definition) is 2. The minimum Gasteiger partial charge on any atom is -0.365 e. The summed E-state index contributed by atoms with van der Waals surface area (Å²) in [5.41, 5.74) is 0.136. The van der Waals surface area contributed by atoms with Gasteiger partial charge < -0.3 is 10.2 Å². The van der Waals surface area contributed by atoms with Crippen molar-refractivity contribution in [3.63, 3.8) is 0 Å². The maximum absolute atomic E-state index is 11.7. The van der Waals surface area contributed by atoms with E-state index in [9.17, 15) is 15.0 Å². The van der Waals surface area contributed by atoms with Crippen LogP contribution in [0, 0.1) is 11.3 Å². The maximum atomic E-state index is 11.7. The van der Waals surface area contributed by atoms with Crippen LogP contribution in [-0.2, 0) is 4.79 Å². The molecule has 1 atom stereocenters. The second-order valence-corrected chi connectivity index (χ2v) is 4.97. The van der Waals surface area contributed by atoms with E-state index in [0.717, 1.165) is 0 Å². The average Bonchev–Trinajstić information content (AvgIpc) is 1.97. The molecular formula is C11H18O3. The molecule has 2 N–H and O–H groups in total. The standard InChI is InChI=1S/C11H18O3/c1-7-5-8(11(4,13)14)6-10(2,3)9(7)12/h5,8,13-14H,6H2,1-4H3. The quantitative estimate of drug-likeness (QED) is 0.623. The lowest BCUT2D eigenvalue weighted by molar-refractivity contribution is -0.181. The van der Waals surface area contributed by atoms with Gasteiger partial charge in [-0.15, -0.1) is 0 Å². The first-order valence-electron chi connectivity index (χ1n) is 4.82. The van der Waals surface area contributed by atoms with E-state index in [0.29, 0.717) is 12.0 Å². The Bertz CT molecular complexity index is 281. The monoisotopic (exact) mass is 198 g/mol. The van der Waals surface area contributed by atoms with Gasteiger partial charge in [-0.1, -0.05) is 19.9 Å². The molecule has 0 spiro atoms. The van der Waals surface area contributed by atoms with E-state index < -0.39 is 11.2 Å². The number of carbonyl (C=O) groups is 1. The Morgan fingerprint density at radius 2 is 2.00 bits per heavy atom. The van der Waals surface area contributed by atoms with Gasteiger partial charge in [0, 0.05) is 11.3 Å². The van der Waals surface area contributed by atoms with E-state index in [1.54, 1.807) is 13.0 Å². The maximum Gasteiger partial charge on any atom is 0.166 e. The predicted molar refractivity (Wildman–Crippen MR) is 53.5 cm³/mol. The second-order valence-electron chi connectivity index (χ2n) is 4.97. The van der Waals surface area contributed by atoms with Crippen LogP contribution in [0.15, 0.2) is 11.6 Å². The molecule has 1 aliphatic rings. The van der Waals surface area contributed by atoms with Crippen molar-refractivity contribution in [3.8, 4) is 0 Å². The summed E-state index contributed by atoms with van der Waals surface area (Å²) in [5, 5.41) is 19.0. The lowest BCUT2D eigenvalue weighted by Crippen LogP contribution is -2.41. The van der Waals surface area contributed by atoms with Crippen molar-refractivity contribution in [1.82, 2.24) is 0 Å². The Morgan fingerprint density at radius 1 is 1.50 bits per heavy atom. The summed E-state index contributed by atoms with van der Waals surface area (Å²) in [4.78, 5) is 11.7. The van der Waals surface area contributed by atoms with E-state index >= 15 is 0 Å². The third-order valence-electron chi connectivity index (χ3n) is 2.86. The van der Waals surface area contributed by atoms with E-state index in [1.807, 2.05) is 13.8 Å². The average molecular weight is 198 g/mol. The van der Waals surface area contributed by atoms with Gasteiger partial charge in [0.1, 0.15) is 0 Å². The number of allylic oxidation sites excluding steroid dienone is 1. The van der Waals surface area contributed by atoms with Gasteiger partial charge in [0.2, 0.25) is 0 Å². The van der Waals surface area contributed by atoms with E-state index in [2.05, 4.69) is 0 Å². The lowest BCUT2D eigenvalue weighted by Gasteiger charge is -2.36. The topological polar surface area (TPSA) is 57.5 Å². The zero-order valence-electron chi connectivity index (χ0n) is 9.16. The molecule has 1 aliphatic carbocycles. The van der Waals surface area contributed by atoms with Crippen LogP contribution in [-0.4, -0.2) is 21.8 Å². The van der Waals surface area contributed by atoms with Crippen molar-refractivity contribution in [3.05, 3.63) is 11.6 Å². The Balaban J connectivity index is 3.03. The van der Waals surface area contributed by atoms with Gasteiger partial charge >= 0.3 is 0 Å². The summed E-state index contributed by atoms with van der Waals surface area (Å²) in [5.74, 6) is -2.01. The Kier molecular flexibility index (Phi) is 2.59. The highest BCUT2D eigenvalue weighted by Crippen LogP contribution is 2.38. The van der Waals surface area contributed by atoms with Gasteiger partial charge in [-0.3, -0.25) is 4.79 Å². The molecule has 0 amide bonds. The van der Waals surface area contributed by atoms with Crippen molar-refractivity contribution < 1.29 is 15.0 Å². The van der Waals surface area contributed by atoms with Crippen molar-refractivity contribution in [1.29, 1.82) is 0 Å². The van der Waals surface area contributed by atoms with Gasteiger partial charge in [0.15, 0.2) is 11.6 Å². The third kappa shape index (κ3) is 2.04. The molecule has 3 nitrogen and oxygen atoms in total. The molecule has 0 radical (unpaired) electrons. The molecule has 0 saturated heterocycles. The molecule has 0 heterocycles. The summed E-state index contributed by atoms with van der Waals surface area (Å²) in [6, 6.07) is 0. The van der Waals surface area contributed by atoms with E-state index in [-0.39, 0.29) is 11.7 Å². The first-order valence-corrected chi connectivity index (χ1v) is 4.82. The van der Waals surface area contributed by atoms with Crippen LogP contribution >= 0.6 is 0 Å². The summed E-state index contributed by atoms with van der Waals surface area (Å²) >= 11 is 0. The second kappa shape index (κ2) is 3.17. The third-order valence-corrected chi connectivity index (χ3v) is 2.86. The Labute approximate surface area is 84.4 Å². The molecule has 1 rings (SSSR count). The lowest BCUT2D eigenvalue weighted by atomic mass is 9.70. The Hall–Kier alpha value is -0.670. The largest absolute Gasteiger partial charge is 0.365 e. The highest BCUT2D eigenvalue weighted by atomic mass is 16.5. The number of aliphatic hydroxyl groups is 2. The number of Topliss-reactive ketones (excluding diaryl/α,β-unsaturated/α-hetero) is 1. The van der Waals surface area contributed by atoms with Crippen LogP contribution in [0.3, 0.4) is 0 Å². The van der Waals surface area contributed by atoms with Gasteiger partial charge in [-0.05, 0) is 25.8 Å². The van der Waals surface area contributed by atoms with Crippen molar-refractivity contribution in [2.24, 2.45) is 11.3 Å². The number of ketones is 1. The van der Waals surface area contributed by atoms with E-state index in [1.165, 1.54) is 6.92 Å². The molecular weight excluding hydrogens is 180 g/mol. The first kappa shape index (κ1) is 11.4. The molecule has 80 valence electrons. The van der Waals surface area contributed by atoms with Crippen LogP contribution in [0.4, 0.5) is 0 Å². The predicted octanol–water partition coefficient (Wildman–Crippen LogP) is 1.25. The highest BCUT2D eigenvalue weighted by molar-refractivity contribution is 5.99. The molecule has 14 heavy (non-hydrogen) atoms. The molecule has 0 saturated carbocycles. The van der Waals surface area contributed by atoms with Crippen LogP contribution in [0.25, 0.3) is 0 Å². The van der Waals surface area contributed by atoms with Crippen molar-refractivity contribution in [2.45, 2.75) is 39.9 Å². The minimum atomic E-state index is -1.74. The van der Waals surface area contributed by atoms with Crippen LogP contribution < -0.4 is 0 Å². The van der Waals surface area contributed by atoms with Crippen LogP contribution in [0.2, 0.25) is 0 Å². The summed E-state index contributed by atoms with van der Waals surface area (Å²) in [6.07, 6.45) is 2.14. The summed E-state index contributed by atoms with van der Waals surface area (Å²) in [6.45, 7) is 6.75. The SMILES string of the molecule is CC1=CC(C(C)(O)O)CC(C)(C)C1=O. The molecule has 0 fully saturated rings. The summed E-state index contributed by atoms with van der Waals surface area (Å²) < 4.78 is 0. The van der Waals surface area contributed by atoms with Gasteiger partial charge in [0.05, 0.1) is 0 Å². The number of hydrogen-bond acceptors (Lipinski definition) is 3. The zero-order chi connectivity index (χ0) is 11.1. The highest BCUT2D eigenvalue weighted by Gasteiger charge is 2.41. The van der Waals surface area contributed by atoms with Gasteiger partial charge in [0.25, 0.3) is 0 Å². The number of carbonyl (C=O) groups excluding carboxylic acids is 1. The fraction of sp³-hybridized carbons (Fsp3) is 0.727. The van der Waals surface area contributed by atoms with Gasteiger partial charge in [-0.25, -0.2) is 0 Å². The fourth-order valence-corrected chi connectivity index (χ4v) is 1.96. The smallest absolute Gasteiger partial charge is 0.166 e. The molecule has 0 aromatic heterocycles. The van der Waals surface area contributed by atoms with Crippen LogP contribution in [0.1, 0.15) is 34.1 Å².